The van der Waals surface area contributed by atoms with Gasteiger partial charge in [-0.1, -0.05) is 13.8 Å². The number of anilines is 1. The van der Waals surface area contributed by atoms with E-state index in [1.807, 2.05) is 19.3 Å². The van der Waals surface area contributed by atoms with Crippen molar-refractivity contribution in [2.24, 2.45) is 7.05 Å². The maximum absolute atomic E-state index is 5.63. The fraction of sp³-hybridized carbons (Fsp3) is 0.304. The molecule has 1 aromatic carbocycles. The molecule has 1 aliphatic rings. The number of nitrogens with zero attached hydrogens (tertiary/aromatic N) is 5. The van der Waals surface area contributed by atoms with Gasteiger partial charge in [0.2, 0.25) is 0 Å². The normalized spacial score (nSPS) is 14.2. The average Bonchev–Trinajstić information content (AvgIpc) is 3.23. The molecule has 1 N–H and O–H groups in total. The van der Waals surface area contributed by atoms with Crippen LogP contribution >= 0.6 is 20.7 Å². The largest absolute Gasteiger partial charge is 0.351 e. The molecule has 162 valence electrons. The summed E-state index contributed by atoms with van der Waals surface area (Å²) in [6.07, 6.45) is 10.0. The van der Waals surface area contributed by atoms with Crippen LogP contribution in [0.3, 0.4) is 0 Å². The highest BCUT2D eigenvalue weighted by molar-refractivity contribution is 14.2. The van der Waals surface area contributed by atoms with E-state index in [2.05, 4.69) is 58.4 Å². The van der Waals surface area contributed by atoms with Crippen LogP contribution in [0.15, 0.2) is 58.2 Å². The predicted octanol–water partition coefficient (Wildman–Crippen LogP) is 4.31. The zero-order valence-corrected chi connectivity index (χ0v) is 20.4. The van der Waals surface area contributed by atoms with E-state index in [4.69, 9.17) is 9.72 Å². The zero-order valence-electron chi connectivity index (χ0n) is 18.3. The first-order chi connectivity index (χ1) is 15.1. The number of rotatable bonds is 8. The van der Waals surface area contributed by atoms with E-state index < -0.39 is 0 Å². The molecule has 0 unspecified atom stereocenters. The number of ether oxygens (including phenoxy) is 1. The molecule has 0 radical (unpaired) electrons. The number of fused-ring (bicyclic) bond motifs is 1. The Balaban J connectivity index is 1.60. The van der Waals surface area contributed by atoms with Crippen LogP contribution in [-0.2, 0) is 11.8 Å². The number of likely N-dealkylation sites (N-methyl/N-ethyl adjacent to an activating group) is 1. The molecule has 2 aromatic heterocycles. The van der Waals surface area contributed by atoms with Crippen molar-refractivity contribution in [3.05, 3.63) is 58.2 Å². The van der Waals surface area contributed by atoms with Gasteiger partial charge in [0.05, 0.1) is 32.8 Å². The summed E-state index contributed by atoms with van der Waals surface area (Å²) in [5.74, 6) is 0. The number of benzene rings is 1. The van der Waals surface area contributed by atoms with Gasteiger partial charge in [-0.05, 0) is 69.7 Å². The molecular formula is C23H27IN6O. The highest BCUT2D eigenvalue weighted by Gasteiger charge is 2.12. The fourth-order valence-corrected chi connectivity index (χ4v) is 5.73. The smallest absolute Gasteiger partial charge is 0.109 e. The summed E-state index contributed by atoms with van der Waals surface area (Å²) in [5.41, 5.74) is 5.79. The van der Waals surface area contributed by atoms with Gasteiger partial charge in [0.1, 0.15) is 3.69 Å². The molecule has 0 amide bonds. The molecule has 3 aromatic rings. The van der Waals surface area contributed by atoms with Crippen molar-refractivity contribution >= 4 is 41.1 Å². The van der Waals surface area contributed by atoms with E-state index >= 15 is 0 Å². The molecule has 7 nitrogen and oxygen atoms in total. The lowest BCUT2D eigenvalue weighted by Gasteiger charge is -2.21. The molecule has 0 bridgehead atoms. The number of aryl methyl sites for hydroxylation is 1. The lowest BCUT2D eigenvalue weighted by atomic mass is 10.2. The van der Waals surface area contributed by atoms with Crippen molar-refractivity contribution in [2.45, 2.75) is 13.8 Å². The van der Waals surface area contributed by atoms with Gasteiger partial charge in [0.25, 0.3) is 0 Å². The lowest BCUT2D eigenvalue weighted by molar-refractivity contribution is 0.332. The molecule has 4 rings (SSSR count). The molecule has 3 heterocycles. The fourth-order valence-electron chi connectivity index (χ4n) is 3.38. The van der Waals surface area contributed by atoms with E-state index in [0.717, 1.165) is 51.3 Å². The number of halogens is 1. The molecule has 1 aliphatic heterocycles. The van der Waals surface area contributed by atoms with Crippen LogP contribution < -0.4 is 5.32 Å². The maximum Gasteiger partial charge on any atom is 0.109 e. The predicted molar refractivity (Wildman–Crippen MR) is 135 cm³/mol. The van der Waals surface area contributed by atoms with Gasteiger partial charge in [0.15, 0.2) is 0 Å². The second kappa shape index (κ2) is 9.80. The third kappa shape index (κ3) is 5.25. The number of hydrogen-bond acceptors (Lipinski definition) is 6. The highest BCUT2D eigenvalue weighted by Crippen LogP contribution is 2.28. The number of methoxy groups -OCH3 is 1. The van der Waals surface area contributed by atoms with E-state index in [1.54, 1.807) is 24.2 Å². The van der Waals surface area contributed by atoms with Gasteiger partial charge in [-0.25, -0.2) is 4.98 Å². The molecular weight excluding hydrogens is 503 g/mol. The van der Waals surface area contributed by atoms with Crippen LogP contribution in [0, 0.1) is 0 Å². The van der Waals surface area contributed by atoms with E-state index in [-0.39, 0.29) is 20.7 Å². The second-order valence-corrected chi connectivity index (χ2v) is 10.0. The van der Waals surface area contributed by atoms with Crippen molar-refractivity contribution in [3.8, 4) is 11.3 Å². The SMILES string of the molecule is CCN(CC)CC1=CC(OC)=IC(Nc2ccc3ncc(-c4cnn(C)c4)nc3c2)=C1. The Labute approximate surface area is 192 Å². The van der Waals surface area contributed by atoms with Gasteiger partial charge in [-0.2, -0.15) is 5.10 Å². The number of nitrogens with one attached hydrogen (secondary N) is 1. The molecule has 0 fully saturated rings. The molecule has 8 heteroatoms. The van der Waals surface area contributed by atoms with Gasteiger partial charge < -0.3 is 10.1 Å². The third-order valence-corrected chi connectivity index (χ3v) is 7.55. The van der Waals surface area contributed by atoms with Crippen LogP contribution in [0.1, 0.15) is 13.8 Å². The minimum absolute atomic E-state index is 0.387. The van der Waals surface area contributed by atoms with E-state index in [0.29, 0.717) is 0 Å². The second-order valence-electron chi connectivity index (χ2n) is 7.26. The Morgan fingerprint density at radius 3 is 2.68 bits per heavy atom. The van der Waals surface area contributed by atoms with Crippen LogP contribution in [0.5, 0.6) is 0 Å². The minimum atomic E-state index is -0.387. The van der Waals surface area contributed by atoms with E-state index in [9.17, 15) is 0 Å². The third-order valence-electron chi connectivity index (χ3n) is 5.11. The average molecular weight is 530 g/mol. The molecule has 31 heavy (non-hydrogen) atoms. The van der Waals surface area contributed by atoms with Crippen molar-refractivity contribution in [1.29, 1.82) is 0 Å². The quantitative estimate of drug-likeness (QED) is 0.346. The maximum atomic E-state index is 5.63. The van der Waals surface area contributed by atoms with Crippen molar-refractivity contribution in [2.75, 3.05) is 32.1 Å². The van der Waals surface area contributed by atoms with Crippen molar-refractivity contribution in [1.82, 2.24) is 24.6 Å². The number of hydrogen-bond donors (Lipinski definition) is 1. The standard InChI is InChI=1S/C23H27IN6O/c1-5-30(6-2)14-16-9-22(24-23(10-16)31-4)27-18-7-8-19-20(11-18)28-21(13-25-19)17-12-26-29(3)15-17/h7-13,15,27H,5-6,14H2,1-4H3. The summed E-state index contributed by atoms with van der Waals surface area (Å²) in [4.78, 5) is 11.8. The van der Waals surface area contributed by atoms with Gasteiger partial charge >= 0.3 is 0 Å². The Bertz CT molecular complexity index is 1180. The molecule has 0 spiro atoms. The van der Waals surface area contributed by atoms with Gasteiger partial charge in [0, 0.05) is 38.1 Å². The first kappa shape index (κ1) is 21.8. The van der Waals surface area contributed by atoms with E-state index in [1.165, 1.54) is 9.28 Å². The van der Waals surface area contributed by atoms with Crippen LogP contribution in [0.25, 0.3) is 22.3 Å². The Hall–Kier alpha value is -2.43. The van der Waals surface area contributed by atoms with Crippen molar-refractivity contribution in [3.63, 3.8) is 0 Å². The topological polar surface area (TPSA) is 68.1 Å². The lowest BCUT2D eigenvalue weighted by Crippen LogP contribution is -2.25. The Morgan fingerprint density at radius 1 is 1.13 bits per heavy atom. The van der Waals surface area contributed by atoms with Gasteiger partial charge in [-0.15, -0.1) is 0 Å². The first-order valence-electron chi connectivity index (χ1n) is 10.3. The molecule has 0 saturated heterocycles. The van der Waals surface area contributed by atoms with Crippen molar-refractivity contribution < 1.29 is 4.74 Å². The summed E-state index contributed by atoms with van der Waals surface area (Å²) in [6.45, 7) is 7.38. The summed E-state index contributed by atoms with van der Waals surface area (Å²) in [6, 6.07) is 6.12. The van der Waals surface area contributed by atoms with Crippen LogP contribution in [0.2, 0.25) is 0 Å². The molecule has 0 aliphatic carbocycles. The molecule has 0 saturated carbocycles. The minimum Gasteiger partial charge on any atom is -0.351 e. The summed E-state index contributed by atoms with van der Waals surface area (Å²) in [5, 5.41) is 7.84. The monoisotopic (exact) mass is 530 g/mol. The van der Waals surface area contributed by atoms with Gasteiger partial charge in [-0.3, -0.25) is 14.6 Å². The molecule has 0 atom stereocenters. The van der Waals surface area contributed by atoms with Crippen LogP contribution in [-0.4, -0.2) is 55.1 Å². The summed E-state index contributed by atoms with van der Waals surface area (Å²) >= 11 is -0.387. The zero-order chi connectivity index (χ0) is 21.8. The summed E-state index contributed by atoms with van der Waals surface area (Å²) < 4.78 is 9.70. The first-order valence-corrected chi connectivity index (χ1v) is 12.5. The highest BCUT2D eigenvalue weighted by atomic mass is 127. The Kier molecular flexibility index (Phi) is 6.89. The Morgan fingerprint density at radius 2 is 1.97 bits per heavy atom. The van der Waals surface area contributed by atoms with Crippen LogP contribution in [0.4, 0.5) is 5.69 Å². The number of aromatic nitrogens is 4. The summed E-state index contributed by atoms with van der Waals surface area (Å²) in [7, 11) is 3.66.